The van der Waals surface area contributed by atoms with E-state index in [9.17, 15) is 13.7 Å². The molecule has 1 unspecified atom stereocenters. The van der Waals surface area contributed by atoms with Crippen molar-refractivity contribution < 1.29 is 16.8 Å². The van der Waals surface area contributed by atoms with Gasteiger partial charge >= 0.3 is 10.0 Å². The van der Waals surface area contributed by atoms with Crippen LogP contribution in [0.4, 0.5) is 0 Å². The van der Waals surface area contributed by atoms with Gasteiger partial charge in [-0.3, -0.25) is 0 Å². The predicted octanol–water partition coefficient (Wildman–Crippen LogP) is 5.38. The first kappa shape index (κ1) is 22.3. The van der Waals surface area contributed by atoms with Crippen molar-refractivity contribution in [2.45, 2.75) is 21.3 Å². The minimum absolute atomic E-state index is 0.120. The molecule has 2 aromatic carbocycles. The highest BCUT2D eigenvalue weighted by atomic mass is 79.9. The van der Waals surface area contributed by atoms with Crippen molar-refractivity contribution in [1.29, 1.82) is 5.26 Å². The SMILES string of the molecule is CSC1SC(C#N)=CC1=[N+](OSc1cccc(Br)c1)S(=O)(=O)c1ccc(C)cc1. The fourth-order valence-electron chi connectivity index (χ4n) is 2.40. The average Bonchev–Trinajstić information content (AvgIpc) is 3.11. The third-order valence-electron chi connectivity index (χ3n) is 3.82. The number of nitrogens with zero attached hydrogens (tertiary/aromatic N) is 2. The molecule has 0 N–H and O–H groups in total. The number of nitriles is 1. The van der Waals surface area contributed by atoms with Crippen LogP contribution in [0.3, 0.4) is 0 Å². The third-order valence-corrected chi connectivity index (χ3v) is 9.13. The first-order chi connectivity index (χ1) is 13.8. The van der Waals surface area contributed by atoms with Gasteiger partial charge in [-0.05, 0) is 43.5 Å². The van der Waals surface area contributed by atoms with Gasteiger partial charge in [-0.15, -0.1) is 11.8 Å². The number of benzene rings is 2. The zero-order chi connectivity index (χ0) is 21.0. The Morgan fingerprint density at radius 2 is 1.97 bits per heavy atom. The van der Waals surface area contributed by atoms with Gasteiger partial charge in [-0.25, -0.2) is 0 Å². The molecule has 0 fully saturated rings. The maximum absolute atomic E-state index is 13.4. The van der Waals surface area contributed by atoms with Gasteiger partial charge in [0.1, 0.15) is 19.7 Å². The Kier molecular flexibility index (Phi) is 7.40. The summed E-state index contributed by atoms with van der Waals surface area (Å²) < 4.78 is 34.1. The Morgan fingerprint density at radius 3 is 2.59 bits per heavy atom. The molecular weight excluding hydrogens is 512 g/mol. The lowest BCUT2D eigenvalue weighted by atomic mass is 10.2. The smallest absolute Gasteiger partial charge is 0.192 e. The lowest BCUT2D eigenvalue weighted by molar-refractivity contribution is -0.617. The monoisotopic (exact) mass is 527 g/mol. The molecule has 5 nitrogen and oxygen atoms in total. The molecule has 0 saturated heterocycles. The van der Waals surface area contributed by atoms with Gasteiger partial charge in [0, 0.05) is 10.5 Å². The molecule has 0 amide bonds. The van der Waals surface area contributed by atoms with E-state index >= 15 is 0 Å². The number of rotatable bonds is 6. The van der Waals surface area contributed by atoms with Crippen molar-refractivity contribution in [1.82, 2.24) is 0 Å². The second-order valence-electron chi connectivity index (χ2n) is 5.89. The van der Waals surface area contributed by atoms with Crippen molar-refractivity contribution >= 4 is 67.2 Å². The van der Waals surface area contributed by atoms with Gasteiger partial charge in [0.15, 0.2) is 12.0 Å². The van der Waals surface area contributed by atoms with Crippen LogP contribution in [0.25, 0.3) is 0 Å². The summed E-state index contributed by atoms with van der Waals surface area (Å²) in [5, 5.41) is 9.29. The van der Waals surface area contributed by atoms with Crippen LogP contribution in [0, 0.1) is 18.3 Å². The van der Waals surface area contributed by atoms with Crippen molar-refractivity contribution in [3.05, 3.63) is 69.5 Å². The lowest BCUT2D eigenvalue weighted by Gasteiger charge is -2.08. The van der Waals surface area contributed by atoms with Gasteiger partial charge in [0.05, 0.1) is 9.80 Å². The second kappa shape index (κ2) is 9.62. The summed E-state index contributed by atoms with van der Waals surface area (Å²) in [5.41, 5.74) is 1.36. The average molecular weight is 529 g/mol. The van der Waals surface area contributed by atoms with Crippen LogP contribution in [0.1, 0.15) is 5.56 Å². The highest BCUT2D eigenvalue weighted by molar-refractivity contribution is 9.10. The highest BCUT2D eigenvalue weighted by Gasteiger charge is 2.42. The Hall–Kier alpha value is -1.38. The topological polar surface area (TPSA) is 70.2 Å². The summed E-state index contributed by atoms with van der Waals surface area (Å²) >= 11 is 7.09. The molecule has 150 valence electrons. The number of hydrogen-bond acceptors (Lipinski definition) is 7. The van der Waals surface area contributed by atoms with E-state index in [2.05, 4.69) is 22.0 Å². The van der Waals surface area contributed by atoms with Gasteiger partial charge in [0.25, 0.3) is 5.71 Å². The molecule has 1 heterocycles. The summed E-state index contributed by atoms with van der Waals surface area (Å²) in [6.07, 6.45) is 3.43. The largest absolute Gasteiger partial charge is 0.440 e. The number of thioether (sulfide) groups is 2. The normalized spacial score (nSPS) is 18.1. The Balaban J connectivity index is 2.08. The van der Waals surface area contributed by atoms with Crippen molar-refractivity contribution in [3.63, 3.8) is 0 Å². The standard InChI is InChI=1S/C19H16BrN2O3S4/c1-13-6-8-17(9-7-13)29(23,24)22(18-11-16(12-21)27-19(18)26-2)25-28-15-5-3-4-14(20)10-15/h3-11,19H,1-2H3/q+1. The van der Waals surface area contributed by atoms with Crippen molar-refractivity contribution in [2.24, 2.45) is 0 Å². The summed E-state index contributed by atoms with van der Waals surface area (Å²) in [6, 6.07) is 16.0. The number of allylic oxidation sites excluding steroid dienone is 2. The van der Waals surface area contributed by atoms with E-state index in [1.807, 2.05) is 37.4 Å². The van der Waals surface area contributed by atoms with E-state index in [1.54, 1.807) is 30.3 Å². The zero-order valence-corrected chi connectivity index (χ0v) is 20.3. The molecule has 1 aliphatic rings. The van der Waals surface area contributed by atoms with Crippen molar-refractivity contribution in [2.75, 3.05) is 6.26 Å². The van der Waals surface area contributed by atoms with Crippen LogP contribution in [0.5, 0.6) is 0 Å². The number of halogens is 1. The molecule has 0 aliphatic carbocycles. The molecule has 0 bridgehead atoms. The second-order valence-corrected chi connectivity index (χ2v) is 11.7. The quantitative estimate of drug-likeness (QED) is 0.283. The fourth-order valence-corrected chi connectivity index (χ4v) is 7.01. The van der Waals surface area contributed by atoms with E-state index in [0.29, 0.717) is 10.6 Å². The van der Waals surface area contributed by atoms with E-state index < -0.39 is 10.0 Å². The molecule has 0 saturated carbocycles. The van der Waals surface area contributed by atoms with E-state index in [1.165, 1.54) is 23.5 Å². The van der Waals surface area contributed by atoms with Gasteiger partial charge in [-0.2, -0.15) is 18.0 Å². The predicted molar refractivity (Wildman–Crippen MR) is 123 cm³/mol. The van der Waals surface area contributed by atoms with E-state index in [-0.39, 0.29) is 9.48 Å². The first-order valence-electron chi connectivity index (χ1n) is 8.25. The summed E-state index contributed by atoms with van der Waals surface area (Å²) in [4.78, 5) is 1.30. The molecule has 0 radical (unpaired) electrons. The number of aryl methyl sites for hydroxylation is 1. The Labute approximate surface area is 191 Å². The molecule has 0 spiro atoms. The number of hydrogen-bond donors (Lipinski definition) is 0. The fraction of sp³-hybridized carbons (Fsp3) is 0.158. The van der Waals surface area contributed by atoms with Crippen LogP contribution in [0.15, 0.2) is 73.8 Å². The molecule has 3 rings (SSSR count). The Bertz CT molecular complexity index is 1120. The number of sulfonamides is 1. The minimum Gasteiger partial charge on any atom is -0.192 e. The molecular formula is C19H16BrN2O3S4+. The van der Waals surface area contributed by atoms with Crippen LogP contribution in [-0.4, -0.2) is 29.1 Å². The third kappa shape index (κ3) is 5.22. The first-order valence-corrected chi connectivity index (χ1v) is 13.4. The van der Waals surface area contributed by atoms with Gasteiger partial charge in [-0.1, -0.05) is 51.5 Å². The molecule has 1 atom stereocenters. The van der Waals surface area contributed by atoms with Gasteiger partial charge < -0.3 is 0 Å². The van der Waals surface area contributed by atoms with Crippen LogP contribution < -0.4 is 0 Å². The molecule has 2 aromatic rings. The highest BCUT2D eigenvalue weighted by Crippen LogP contribution is 2.37. The van der Waals surface area contributed by atoms with E-state index in [0.717, 1.165) is 31.1 Å². The zero-order valence-electron chi connectivity index (χ0n) is 15.4. The van der Waals surface area contributed by atoms with Crippen LogP contribution >= 0.6 is 51.5 Å². The van der Waals surface area contributed by atoms with Crippen LogP contribution in [-0.2, 0) is 14.3 Å². The maximum atomic E-state index is 13.4. The van der Waals surface area contributed by atoms with E-state index in [4.69, 9.17) is 4.28 Å². The molecule has 10 heteroatoms. The molecule has 0 aromatic heterocycles. The molecule has 29 heavy (non-hydrogen) atoms. The summed E-state index contributed by atoms with van der Waals surface area (Å²) in [5.74, 6) is 0. The lowest BCUT2D eigenvalue weighted by Crippen LogP contribution is -2.29. The maximum Gasteiger partial charge on any atom is 0.440 e. The summed E-state index contributed by atoms with van der Waals surface area (Å²) in [7, 11) is -4.00. The summed E-state index contributed by atoms with van der Waals surface area (Å²) in [6.45, 7) is 1.89. The Morgan fingerprint density at radius 1 is 1.24 bits per heavy atom. The van der Waals surface area contributed by atoms with Crippen molar-refractivity contribution in [3.8, 4) is 6.07 Å². The molecule has 1 aliphatic heterocycles. The van der Waals surface area contributed by atoms with Crippen LogP contribution in [0.2, 0.25) is 0 Å². The van der Waals surface area contributed by atoms with Gasteiger partial charge in [0.2, 0.25) is 0 Å². The minimum atomic E-state index is -4.00.